The molecule has 8 heteroatoms. The molecule has 2 atom stereocenters. The highest BCUT2D eigenvalue weighted by Crippen LogP contribution is 2.22. The van der Waals surface area contributed by atoms with Gasteiger partial charge in [0.2, 0.25) is 0 Å². The van der Waals surface area contributed by atoms with Crippen molar-refractivity contribution in [2.24, 2.45) is 5.92 Å². The first-order valence-electron chi connectivity index (χ1n) is 6.46. The lowest BCUT2D eigenvalue weighted by Crippen LogP contribution is -2.36. The molecule has 2 rings (SSSR count). The van der Waals surface area contributed by atoms with Crippen molar-refractivity contribution >= 4 is 9.84 Å². The molecule has 1 N–H and O–H groups in total. The van der Waals surface area contributed by atoms with E-state index >= 15 is 0 Å². The van der Waals surface area contributed by atoms with Gasteiger partial charge in [0.05, 0.1) is 18.1 Å². The second-order valence-electron chi connectivity index (χ2n) is 5.51. The van der Waals surface area contributed by atoms with Gasteiger partial charge in [-0.05, 0) is 31.8 Å². The Hall–Kier alpha value is -0.340. The van der Waals surface area contributed by atoms with Crippen LogP contribution in [0.3, 0.4) is 0 Å². The summed E-state index contributed by atoms with van der Waals surface area (Å²) in [5.74, 6) is 0.562. The molecule has 0 radical (unpaired) electrons. The maximum absolute atomic E-state index is 12.2. The summed E-state index contributed by atoms with van der Waals surface area (Å²) in [4.78, 5) is 1.41. The Morgan fingerprint density at radius 1 is 1.26 bits per heavy atom. The van der Waals surface area contributed by atoms with Crippen LogP contribution in [0, 0.1) is 5.92 Å². The zero-order valence-electron chi connectivity index (χ0n) is 10.6. The van der Waals surface area contributed by atoms with Crippen molar-refractivity contribution in [3.05, 3.63) is 0 Å². The quantitative estimate of drug-likeness (QED) is 0.828. The monoisotopic (exact) mass is 300 g/mol. The van der Waals surface area contributed by atoms with E-state index in [2.05, 4.69) is 5.32 Å². The molecule has 2 aliphatic heterocycles. The molecule has 2 unspecified atom stereocenters. The van der Waals surface area contributed by atoms with Crippen molar-refractivity contribution in [1.82, 2.24) is 10.2 Å². The van der Waals surface area contributed by atoms with Gasteiger partial charge in [0.25, 0.3) is 0 Å². The summed E-state index contributed by atoms with van der Waals surface area (Å²) in [6, 6.07) is -0.0262. The molecule has 0 saturated carbocycles. The van der Waals surface area contributed by atoms with E-state index in [1.54, 1.807) is 0 Å². The Balaban J connectivity index is 1.68. The zero-order valence-corrected chi connectivity index (χ0v) is 11.4. The van der Waals surface area contributed by atoms with E-state index in [1.807, 2.05) is 0 Å². The minimum atomic E-state index is -4.14. The molecular weight excluding hydrogens is 281 g/mol. The van der Waals surface area contributed by atoms with Crippen LogP contribution >= 0.6 is 0 Å². The third-order valence-corrected chi connectivity index (χ3v) is 5.47. The average Bonchev–Trinajstić information content (AvgIpc) is 2.80. The van der Waals surface area contributed by atoms with Gasteiger partial charge in [-0.2, -0.15) is 13.2 Å². The van der Waals surface area contributed by atoms with E-state index < -0.39 is 22.6 Å². The summed E-state index contributed by atoms with van der Waals surface area (Å²) in [7, 11) is -2.90. The molecule has 0 aromatic carbocycles. The number of halogens is 3. The number of likely N-dealkylation sites (tertiary alicyclic amines) is 1. The van der Waals surface area contributed by atoms with E-state index in [4.69, 9.17) is 0 Å². The number of rotatable bonds is 4. The summed E-state index contributed by atoms with van der Waals surface area (Å²) in [6.07, 6.45) is -2.79. The number of nitrogens with one attached hydrogen (secondary N) is 1. The van der Waals surface area contributed by atoms with Crippen LogP contribution in [0.1, 0.15) is 12.8 Å². The normalized spacial score (nSPS) is 31.9. The molecule has 19 heavy (non-hydrogen) atoms. The molecule has 0 aromatic heterocycles. The largest absolute Gasteiger partial charge is 0.401 e. The maximum Gasteiger partial charge on any atom is 0.401 e. The smallest absolute Gasteiger partial charge is 0.313 e. The van der Waals surface area contributed by atoms with Crippen LogP contribution in [-0.4, -0.2) is 63.2 Å². The average molecular weight is 300 g/mol. The molecular formula is C11H19F3N2O2S. The first-order valence-corrected chi connectivity index (χ1v) is 8.28. The minimum absolute atomic E-state index is 0.0262. The maximum atomic E-state index is 12.2. The first kappa shape index (κ1) is 15.1. The molecule has 2 fully saturated rings. The molecule has 2 heterocycles. The van der Waals surface area contributed by atoms with Crippen LogP contribution < -0.4 is 5.32 Å². The highest BCUT2D eigenvalue weighted by atomic mass is 32.2. The van der Waals surface area contributed by atoms with Gasteiger partial charge in [-0.3, -0.25) is 4.90 Å². The summed E-state index contributed by atoms with van der Waals surface area (Å²) in [6.45, 7) is 0.663. The van der Waals surface area contributed by atoms with Crippen molar-refractivity contribution in [3.8, 4) is 0 Å². The summed E-state index contributed by atoms with van der Waals surface area (Å²) < 4.78 is 59.2. The molecule has 0 amide bonds. The Morgan fingerprint density at radius 3 is 2.58 bits per heavy atom. The standard InChI is InChI=1S/C11H19F3N2O2S/c12-11(13,14)8-16-3-1-9(6-16)5-15-10-2-4-19(17,18)7-10/h9-10,15H,1-8H2. The summed E-state index contributed by atoms with van der Waals surface area (Å²) in [5, 5.41) is 3.18. The van der Waals surface area contributed by atoms with Gasteiger partial charge < -0.3 is 5.32 Å². The lowest BCUT2D eigenvalue weighted by molar-refractivity contribution is -0.143. The van der Waals surface area contributed by atoms with E-state index in [-0.39, 0.29) is 23.5 Å². The number of hydrogen-bond donors (Lipinski definition) is 1. The van der Waals surface area contributed by atoms with Crippen LogP contribution in [-0.2, 0) is 9.84 Å². The molecule has 2 aliphatic rings. The second-order valence-corrected chi connectivity index (χ2v) is 7.74. The van der Waals surface area contributed by atoms with Crippen molar-refractivity contribution < 1.29 is 21.6 Å². The first-order chi connectivity index (χ1) is 8.73. The van der Waals surface area contributed by atoms with Gasteiger partial charge >= 0.3 is 6.18 Å². The predicted octanol–water partition coefficient (Wildman–Crippen LogP) is 0.647. The van der Waals surface area contributed by atoms with E-state index in [0.717, 1.165) is 6.42 Å². The third-order valence-electron chi connectivity index (χ3n) is 3.70. The van der Waals surface area contributed by atoms with Gasteiger partial charge in [0.15, 0.2) is 9.84 Å². The number of sulfone groups is 1. The number of nitrogens with zero attached hydrogens (tertiary/aromatic N) is 1. The fraction of sp³-hybridized carbons (Fsp3) is 1.00. The minimum Gasteiger partial charge on any atom is -0.313 e. The van der Waals surface area contributed by atoms with E-state index in [9.17, 15) is 21.6 Å². The zero-order chi connectivity index (χ0) is 14.1. The second kappa shape index (κ2) is 5.57. The number of alkyl halides is 3. The highest BCUT2D eigenvalue weighted by Gasteiger charge is 2.35. The Bertz CT molecular complexity index is 411. The van der Waals surface area contributed by atoms with Crippen molar-refractivity contribution in [2.75, 3.05) is 37.7 Å². The van der Waals surface area contributed by atoms with Crippen LogP contribution in [0.15, 0.2) is 0 Å². The Labute approximate surface area is 111 Å². The summed E-state index contributed by atoms with van der Waals surface area (Å²) in [5.41, 5.74) is 0. The van der Waals surface area contributed by atoms with Gasteiger partial charge in [-0.1, -0.05) is 0 Å². The van der Waals surface area contributed by atoms with Crippen molar-refractivity contribution in [3.63, 3.8) is 0 Å². The van der Waals surface area contributed by atoms with Crippen LogP contribution in [0.5, 0.6) is 0 Å². The van der Waals surface area contributed by atoms with Crippen LogP contribution in [0.4, 0.5) is 13.2 Å². The SMILES string of the molecule is O=S1(=O)CCC(NCC2CCN(CC(F)(F)F)C2)C1. The van der Waals surface area contributed by atoms with E-state index in [1.165, 1.54) is 4.90 Å². The highest BCUT2D eigenvalue weighted by molar-refractivity contribution is 7.91. The molecule has 0 bridgehead atoms. The molecule has 4 nitrogen and oxygen atoms in total. The number of hydrogen-bond acceptors (Lipinski definition) is 4. The topological polar surface area (TPSA) is 49.4 Å². The Kier molecular flexibility index (Phi) is 4.42. The van der Waals surface area contributed by atoms with Gasteiger partial charge in [0.1, 0.15) is 0 Å². The van der Waals surface area contributed by atoms with Crippen molar-refractivity contribution in [1.29, 1.82) is 0 Å². The van der Waals surface area contributed by atoms with Crippen molar-refractivity contribution in [2.45, 2.75) is 25.1 Å². The lowest BCUT2D eigenvalue weighted by Gasteiger charge is -2.19. The van der Waals surface area contributed by atoms with Crippen LogP contribution in [0.25, 0.3) is 0 Å². The van der Waals surface area contributed by atoms with Gasteiger partial charge in [-0.25, -0.2) is 8.42 Å². The third kappa shape index (κ3) is 4.92. The molecule has 2 saturated heterocycles. The molecule has 0 aromatic rings. The fourth-order valence-corrected chi connectivity index (χ4v) is 4.47. The fourth-order valence-electron chi connectivity index (χ4n) is 2.77. The van der Waals surface area contributed by atoms with Gasteiger partial charge in [-0.15, -0.1) is 0 Å². The summed E-state index contributed by atoms with van der Waals surface area (Å²) >= 11 is 0. The van der Waals surface area contributed by atoms with E-state index in [0.29, 0.717) is 26.1 Å². The molecule has 112 valence electrons. The van der Waals surface area contributed by atoms with Crippen LogP contribution in [0.2, 0.25) is 0 Å². The predicted molar refractivity (Wildman–Crippen MR) is 65.7 cm³/mol. The Morgan fingerprint density at radius 2 is 2.00 bits per heavy atom. The molecule has 0 spiro atoms. The molecule has 0 aliphatic carbocycles. The lowest BCUT2D eigenvalue weighted by atomic mass is 10.1. The van der Waals surface area contributed by atoms with Gasteiger partial charge in [0, 0.05) is 12.6 Å².